The van der Waals surface area contributed by atoms with Gasteiger partial charge in [-0.25, -0.2) is 8.42 Å². The number of aromatic nitrogens is 1. The summed E-state index contributed by atoms with van der Waals surface area (Å²) in [6.45, 7) is 0. The van der Waals surface area contributed by atoms with Crippen molar-refractivity contribution in [2.75, 3.05) is 12.0 Å². The van der Waals surface area contributed by atoms with Crippen LogP contribution in [0.2, 0.25) is 0 Å². The molecule has 0 aliphatic heterocycles. The molecule has 0 aliphatic carbocycles. The molecule has 1 heterocycles. The van der Waals surface area contributed by atoms with Gasteiger partial charge < -0.3 is 0 Å². The summed E-state index contributed by atoms with van der Waals surface area (Å²) >= 11 is 0. The van der Waals surface area contributed by atoms with E-state index < -0.39 is 9.84 Å². The first-order valence-corrected chi connectivity index (χ1v) is 8.05. The van der Waals surface area contributed by atoms with E-state index in [1.54, 1.807) is 6.20 Å². The number of hydrogen-bond acceptors (Lipinski definition) is 5. The summed E-state index contributed by atoms with van der Waals surface area (Å²) < 4.78 is 22.5. The average molecular weight is 279 g/mol. The molecule has 1 atom stereocenters. The van der Waals surface area contributed by atoms with Crippen LogP contribution < -0.4 is 11.3 Å². The third-order valence-corrected chi connectivity index (χ3v) is 4.00. The molecule has 0 radical (unpaired) electrons. The highest BCUT2D eigenvalue weighted by Crippen LogP contribution is 2.24. The number of sulfone groups is 1. The first-order valence-electron chi connectivity index (χ1n) is 5.99. The molecular formula is C13H17N3O2S. The number of nitrogens with two attached hydrogens (primary N) is 1. The summed E-state index contributed by atoms with van der Waals surface area (Å²) in [5, 5.41) is 1.01. The molecule has 19 heavy (non-hydrogen) atoms. The van der Waals surface area contributed by atoms with E-state index in [0.717, 1.165) is 16.5 Å². The fraction of sp³-hybridized carbons (Fsp3) is 0.308. The normalized spacial score (nSPS) is 13.6. The van der Waals surface area contributed by atoms with Crippen molar-refractivity contribution in [3.05, 3.63) is 42.1 Å². The minimum atomic E-state index is -3.01. The van der Waals surface area contributed by atoms with Gasteiger partial charge in [0.15, 0.2) is 0 Å². The third-order valence-electron chi connectivity index (χ3n) is 3.02. The van der Waals surface area contributed by atoms with Gasteiger partial charge in [-0.3, -0.25) is 16.3 Å². The summed E-state index contributed by atoms with van der Waals surface area (Å²) in [6.07, 6.45) is 3.36. The molecule has 1 unspecified atom stereocenters. The molecule has 0 saturated carbocycles. The van der Waals surface area contributed by atoms with Crippen molar-refractivity contribution in [3.8, 4) is 0 Å². The van der Waals surface area contributed by atoms with E-state index in [1.165, 1.54) is 6.26 Å². The predicted molar refractivity (Wildman–Crippen MR) is 76.1 cm³/mol. The Morgan fingerprint density at radius 3 is 2.74 bits per heavy atom. The van der Waals surface area contributed by atoms with Crippen LogP contribution in [0.5, 0.6) is 0 Å². The van der Waals surface area contributed by atoms with Crippen LogP contribution in [-0.2, 0) is 9.84 Å². The molecule has 0 saturated heterocycles. The molecule has 3 N–H and O–H groups in total. The van der Waals surface area contributed by atoms with Gasteiger partial charge in [0.25, 0.3) is 0 Å². The van der Waals surface area contributed by atoms with Gasteiger partial charge in [-0.2, -0.15) is 0 Å². The van der Waals surface area contributed by atoms with E-state index in [4.69, 9.17) is 5.84 Å². The second-order valence-electron chi connectivity index (χ2n) is 4.56. The van der Waals surface area contributed by atoms with E-state index in [-0.39, 0.29) is 11.8 Å². The molecule has 0 spiro atoms. The first kappa shape index (κ1) is 13.9. The summed E-state index contributed by atoms with van der Waals surface area (Å²) in [4.78, 5) is 4.35. The number of benzene rings is 1. The number of hydrogen-bond donors (Lipinski definition) is 2. The molecule has 2 aromatic rings. The fourth-order valence-corrected chi connectivity index (χ4v) is 2.73. The van der Waals surface area contributed by atoms with Gasteiger partial charge in [0, 0.05) is 23.9 Å². The first-order chi connectivity index (χ1) is 9.01. The minimum absolute atomic E-state index is 0.0884. The maximum atomic E-state index is 11.3. The smallest absolute Gasteiger partial charge is 0.147 e. The second kappa shape index (κ2) is 5.64. The van der Waals surface area contributed by atoms with Gasteiger partial charge in [-0.05, 0) is 18.1 Å². The summed E-state index contributed by atoms with van der Waals surface area (Å²) in [7, 11) is -3.01. The highest BCUT2D eigenvalue weighted by molar-refractivity contribution is 7.90. The van der Waals surface area contributed by atoms with Crippen LogP contribution in [0.1, 0.15) is 18.0 Å². The predicted octanol–water partition coefficient (Wildman–Crippen LogP) is 1.17. The lowest BCUT2D eigenvalue weighted by atomic mass is 10.0. The lowest BCUT2D eigenvalue weighted by molar-refractivity contribution is 0.533. The molecule has 0 bridgehead atoms. The van der Waals surface area contributed by atoms with Gasteiger partial charge in [0.1, 0.15) is 9.84 Å². The Hall–Kier alpha value is -1.50. The van der Waals surface area contributed by atoms with Crippen molar-refractivity contribution in [2.24, 2.45) is 5.84 Å². The van der Waals surface area contributed by atoms with Gasteiger partial charge in [-0.15, -0.1) is 0 Å². The zero-order chi connectivity index (χ0) is 13.9. The molecule has 1 aromatic heterocycles. The maximum absolute atomic E-state index is 11.3. The van der Waals surface area contributed by atoms with Gasteiger partial charge in [0.2, 0.25) is 0 Å². The molecule has 0 amide bonds. The van der Waals surface area contributed by atoms with Crippen molar-refractivity contribution < 1.29 is 8.42 Å². The van der Waals surface area contributed by atoms with E-state index >= 15 is 0 Å². The van der Waals surface area contributed by atoms with Crippen LogP contribution >= 0.6 is 0 Å². The number of hydrazine groups is 1. The fourth-order valence-electron chi connectivity index (χ4n) is 2.07. The van der Waals surface area contributed by atoms with Crippen LogP contribution in [0.25, 0.3) is 10.9 Å². The van der Waals surface area contributed by atoms with Crippen molar-refractivity contribution >= 4 is 20.7 Å². The molecule has 102 valence electrons. The van der Waals surface area contributed by atoms with Gasteiger partial charge >= 0.3 is 0 Å². The zero-order valence-corrected chi connectivity index (χ0v) is 11.5. The van der Waals surface area contributed by atoms with E-state index in [1.807, 2.05) is 30.3 Å². The Balaban J connectivity index is 2.35. The molecular weight excluding hydrogens is 262 g/mol. The van der Waals surface area contributed by atoms with Crippen molar-refractivity contribution in [1.29, 1.82) is 0 Å². The lowest BCUT2D eigenvalue weighted by Gasteiger charge is -2.17. The summed E-state index contributed by atoms with van der Waals surface area (Å²) in [5.74, 6) is 5.64. The average Bonchev–Trinajstić information content (AvgIpc) is 2.38. The molecule has 1 aromatic carbocycles. The van der Waals surface area contributed by atoms with Gasteiger partial charge in [0.05, 0.1) is 11.3 Å². The molecule has 2 rings (SSSR count). The summed E-state index contributed by atoms with van der Waals surface area (Å²) in [6, 6.07) is 9.42. The maximum Gasteiger partial charge on any atom is 0.147 e. The lowest BCUT2D eigenvalue weighted by Crippen LogP contribution is -2.29. The molecule has 5 nitrogen and oxygen atoms in total. The Morgan fingerprint density at radius 2 is 2.05 bits per heavy atom. The largest absolute Gasteiger partial charge is 0.271 e. The highest BCUT2D eigenvalue weighted by atomic mass is 32.2. The number of para-hydroxylation sites is 1. The second-order valence-corrected chi connectivity index (χ2v) is 6.82. The number of fused-ring (bicyclic) bond motifs is 1. The van der Waals surface area contributed by atoms with Crippen LogP contribution in [0.15, 0.2) is 36.5 Å². The van der Waals surface area contributed by atoms with E-state index in [2.05, 4.69) is 10.4 Å². The number of nitrogens with one attached hydrogen (secondary N) is 1. The van der Waals surface area contributed by atoms with Crippen LogP contribution in [0, 0.1) is 0 Å². The van der Waals surface area contributed by atoms with Crippen LogP contribution in [-0.4, -0.2) is 25.4 Å². The van der Waals surface area contributed by atoms with Crippen molar-refractivity contribution in [1.82, 2.24) is 10.4 Å². The van der Waals surface area contributed by atoms with E-state index in [9.17, 15) is 8.42 Å². The third kappa shape index (κ3) is 3.50. The number of pyridine rings is 1. The topological polar surface area (TPSA) is 85.1 Å². The van der Waals surface area contributed by atoms with Crippen LogP contribution in [0.3, 0.4) is 0 Å². The number of nitrogens with zero attached hydrogens (tertiary/aromatic N) is 1. The molecule has 0 fully saturated rings. The van der Waals surface area contributed by atoms with Crippen LogP contribution in [0.4, 0.5) is 0 Å². The highest BCUT2D eigenvalue weighted by Gasteiger charge is 2.15. The van der Waals surface area contributed by atoms with E-state index in [0.29, 0.717) is 6.42 Å². The quantitative estimate of drug-likeness (QED) is 0.634. The Bertz CT molecular complexity index is 665. The SMILES string of the molecule is CS(=O)(=O)CCC(NN)c1cccc2cccnc12. The zero-order valence-electron chi connectivity index (χ0n) is 10.7. The Morgan fingerprint density at radius 1 is 1.32 bits per heavy atom. The molecule has 0 aliphatic rings. The van der Waals surface area contributed by atoms with Gasteiger partial charge in [-0.1, -0.05) is 24.3 Å². The standard InChI is InChI=1S/C13H17N3O2S/c1-19(17,18)9-7-12(16-14)11-6-2-4-10-5-3-8-15-13(10)11/h2-6,8,12,16H,7,9,14H2,1H3. The Labute approximate surface area is 112 Å². The number of rotatable bonds is 5. The minimum Gasteiger partial charge on any atom is -0.271 e. The van der Waals surface area contributed by atoms with Crippen molar-refractivity contribution in [2.45, 2.75) is 12.5 Å². The van der Waals surface area contributed by atoms with Crippen molar-refractivity contribution in [3.63, 3.8) is 0 Å². The molecule has 6 heteroatoms. The summed E-state index contributed by atoms with van der Waals surface area (Å²) in [5.41, 5.74) is 4.45. The monoisotopic (exact) mass is 279 g/mol. The Kier molecular flexibility index (Phi) is 4.14.